The lowest BCUT2D eigenvalue weighted by atomic mass is 10.1. The quantitative estimate of drug-likeness (QED) is 0.739. The summed E-state index contributed by atoms with van der Waals surface area (Å²) in [6.45, 7) is 0. The molecule has 76 valence electrons. The molecule has 0 aromatic heterocycles. The van der Waals surface area contributed by atoms with Crippen LogP contribution in [0.5, 0.6) is 5.75 Å². The van der Waals surface area contributed by atoms with Gasteiger partial charge in [-0.25, -0.2) is 4.39 Å². The Morgan fingerprint density at radius 2 is 2.00 bits per heavy atom. The molecule has 0 radical (unpaired) electrons. The van der Waals surface area contributed by atoms with E-state index in [2.05, 4.69) is 0 Å². The summed E-state index contributed by atoms with van der Waals surface area (Å²) in [5.41, 5.74) is 0.524. The normalized spacial score (nSPS) is 17.9. The molecule has 0 heterocycles. The molecule has 1 aromatic carbocycles. The highest BCUT2D eigenvalue weighted by Crippen LogP contribution is 2.51. The Morgan fingerprint density at radius 1 is 1.29 bits per heavy atom. The summed E-state index contributed by atoms with van der Waals surface area (Å²) < 4.78 is 23.6. The van der Waals surface area contributed by atoms with Gasteiger partial charge in [0.25, 0.3) is 0 Å². The van der Waals surface area contributed by atoms with E-state index in [-0.39, 0.29) is 11.4 Å². The van der Waals surface area contributed by atoms with Gasteiger partial charge in [0.1, 0.15) is 11.6 Å². The molecule has 0 bridgehead atoms. The minimum absolute atomic E-state index is 0.246. The second kappa shape index (κ2) is 3.24. The van der Waals surface area contributed by atoms with Crippen LogP contribution in [0.2, 0.25) is 0 Å². The second-order valence-electron chi connectivity index (χ2n) is 3.54. The van der Waals surface area contributed by atoms with Crippen molar-refractivity contribution in [3.8, 4) is 5.75 Å². The Balaban J connectivity index is 2.44. The van der Waals surface area contributed by atoms with Crippen LogP contribution >= 0.6 is 0 Å². The predicted molar refractivity (Wildman–Crippen MR) is 50.9 cm³/mol. The lowest BCUT2D eigenvalue weighted by Crippen LogP contribution is -2.10. The molecule has 0 amide bonds. The maximum absolute atomic E-state index is 13.1. The van der Waals surface area contributed by atoms with Gasteiger partial charge < -0.3 is 9.47 Å². The van der Waals surface area contributed by atoms with Crippen molar-refractivity contribution in [1.82, 2.24) is 0 Å². The monoisotopic (exact) mass is 196 g/mol. The zero-order valence-corrected chi connectivity index (χ0v) is 8.34. The Hall–Kier alpha value is -1.09. The van der Waals surface area contributed by atoms with E-state index in [0.29, 0.717) is 5.75 Å². The van der Waals surface area contributed by atoms with Gasteiger partial charge in [-0.1, -0.05) is 0 Å². The molecule has 0 spiro atoms. The van der Waals surface area contributed by atoms with Crippen molar-refractivity contribution in [2.24, 2.45) is 0 Å². The van der Waals surface area contributed by atoms with Gasteiger partial charge in [0.05, 0.1) is 12.7 Å². The van der Waals surface area contributed by atoms with Crippen molar-refractivity contribution in [3.05, 3.63) is 29.6 Å². The molecule has 3 heteroatoms. The largest absolute Gasteiger partial charge is 0.496 e. The molecule has 0 atom stereocenters. The highest BCUT2D eigenvalue weighted by Gasteiger charge is 2.46. The zero-order chi connectivity index (χ0) is 10.2. The fourth-order valence-corrected chi connectivity index (χ4v) is 1.73. The van der Waals surface area contributed by atoms with Crippen molar-refractivity contribution >= 4 is 0 Å². The van der Waals surface area contributed by atoms with Gasteiger partial charge in [-0.05, 0) is 31.0 Å². The number of hydrogen-bond acceptors (Lipinski definition) is 2. The number of halogens is 1. The highest BCUT2D eigenvalue weighted by atomic mass is 19.1. The molecular weight excluding hydrogens is 183 g/mol. The van der Waals surface area contributed by atoms with E-state index >= 15 is 0 Å². The minimum atomic E-state index is -0.298. The van der Waals surface area contributed by atoms with Crippen molar-refractivity contribution in [1.29, 1.82) is 0 Å². The smallest absolute Gasteiger partial charge is 0.125 e. The van der Waals surface area contributed by atoms with E-state index in [1.807, 2.05) is 0 Å². The van der Waals surface area contributed by atoms with Crippen LogP contribution in [0, 0.1) is 5.82 Å². The van der Waals surface area contributed by atoms with Crippen LogP contribution in [0.15, 0.2) is 18.2 Å². The minimum Gasteiger partial charge on any atom is -0.496 e. The first kappa shape index (κ1) is 9.46. The summed E-state index contributed by atoms with van der Waals surface area (Å²) in [6, 6.07) is 4.53. The molecular formula is C11H13FO2. The fourth-order valence-electron chi connectivity index (χ4n) is 1.73. The molecule has 1 fully saturated rings. The first-order valence-corrected chi connectivity index (χ1v) is 4.61. The van der Waals surface area contributed by atoms with Crippen LogP contribution < -0.4 is 4.74 Å². The van der Waals surface area contributed by atoms with Gasteiger partial charge >= 0.3 is 0 Å². The molecule has 1 saturated carbocycles. The Labute approximate surface area is 82.6 Å². The number of methoxy groups -OCH3 is 2. The number of rotatable bonds is 3. The molecule has 1 aliphatic carbocycles. The molecule has 0 unspecified atom stereocenters. The first-order chi connectivity index (χ1) is 6.72. The molecule has 2 rings (SSSR count). The number of benzene rings is 1. The molecule has 1 aromatic rings. The van der Waals surface area contributed by atoms with E-state index in [4.69, 9.17) is 9.47 Å². The van der Waals surface area contributed by atoms with Gasteiger partial charge in [-0.2, -0.15) is 0 Å². The van der Waals surface area contributed by atoms with Crippen LogP contribution in [-0.2, 0) is 10.3 Å². The third-order valence-electron chi connectivity index (χ3n) is 2.75. The summed E-state index contributed by atoms with van der Waals surface area (Å²) in [4.78, 5) is 0. The standard InChI is InChI=1S/C11H13FO2/c1-13-10-4-3-8(12)7-9(10)11(14-2)5-6-11/h3-4,7H,5-6H2,1-2H3. The topological polar surface area (TPSA) is 18.5 Å². The molecule has 0 N–H and O–H groups in total. The van der Waals surface area contributed by atoms with E-state index in [0.717, 1.165) is 18.4 Å². The molecule has 0 saturated heterocycles. The lowest BCUT2D eigenvalue weighted by molar-refractivity contribution is 0.0762. The zero-order valence-electron chi connectivity index (χ0n) is 8.34. The molecule has 14 heavy (non-hydrogen) atoms. The van der Waals surface area contributed by atoms with Crippen molar-refractivity contribution in [2.75, 3.05) is 14.2 Å². The van der Waals surface area contributed by atoms with Crippen molar-refractivity contribution in [3.63, 3.8) is 0 Å². The summed E-state index contributed by atoms with van der Waals surface area (Å²) in [5, 5.41) is 0. The Bertz CT molecular complexity index is 345. The van der Waals surface area contributed by atoms with Gasteiger partial charge in [-0.15, -0.1) is 0 Å². The predicted octanol–water partition coefficient (Wildman–Crippen LogP) is 2.47. The maximum Gasteiger partial charge on any atom is 0.125 e. The van der Waals surface area contributed by atoms with Gasteiger partial charge in [0.15, 0.2) is 0 Å². The average Bonchev–Trinajstić information content (AvgIpc) is 2.98. The second-order valence-corrected chi connectivity index (χ2v) is 3.54. The summed E-state index contributed by atoms with van der Waals surface area (Å²) >= 11 is 0. The summed E-state index contributed by atoms with van der Waals surface area (Å²) in [6.07, 6.45) is 1.87. The van der Waals surface area contributed by atoms with Gasteiger partial charge in [0.2, 0.25) is 0 Å². The Morgan fingerprint density at radius 3 is 2.50 bits per heavy atom. The number of hydrogen-bond donors (Lipinski definition) is 0. The van der Waals surface area contributed by atoms with Crippen molar-refractivity contribution in [2.45, 2.75) is 18.4 Å². The Kier molecular flexibility index (Phi) is 2.19. The van der Waals surface area contributed by atoms with Crippen LogP contribution in [0.25, 0.3) is 0 Å². The third kappa shape index (κ3) is 1.38. The third-order valence-corrected chi connectivity index (χ3v) is 2.75. The van der Waals surface area contributed by atoms with Crippen molar-refractivity contribution < 1.29 is 13.9 Å². The van der Waals surface area contributed by atoms with E-state index < -0.39 is 0 Å². The van der Waals surface area contributed by atoms with Crippen LogP contribution in [-0.4, -0.2) is 14.2 Å². The van der Waals surface area contributed by atoms with Crippen LogP contribution in [0.1, 0.15) is 18.4 Å². The highest BCUT2D eigenvalue weighted by molar-refractivity contribution is 5.41. The number of ether oxygens (including phenoxy) is 2. The lowest BCUT2D eigenvalue weighted by Gasteiger charge is -2.17. The van der Waals surface area contributed by atoms with Crippen LogP contribution in [0.3, 0.4) is 0 Å². The van der Waals surface area contributed by atoms with Gasteiger partial charge in [-0.3, -0.25) is 0 Å². The summed E-state index contributed by atoms with van der Waals surface area (Å²) in [5.74, 6) is 0.454. The maximum atomic E-state index is 13.1. The average molecular weight is 196 g/mol. The molecule has 2 nitrogen and oxygen atoms in total. The SMILES string of the molecule is COc1ccc(F)cc1C1(OC)CC1. The fraction of sp³-hybridized carbons (Fsp3) is 0.455. The summed E-state index contributed by atoms with van der Waals surface area (Å²) in [7, 11) is 3.24. The van der Waals surface area contributed by atoms with E-state index in [9.17, 15) is 4.39 Å². The van der Waals surface area contributed by atoms with E-state index in [1.54, 1.807) is 20.3 Å². The van der Waals surface area contributed by atoms with Crippen LogP contribution in [0.4, 0.5) is 4.39 Å². The first-order valence-electron chi connectivity index (χ1n) is 4.61. The molecule has 1 aliphatic rings. The molecule has 0 aliphatic heterocycles. The van der Waals surface area contributed by atoms with E-state index in [1.165, 1.54) is 12.1 Å². The van der Waals surface area contributed by atoms with Gasteiger partial charge in [0, 0.05) is 12.7 Å².